The van der Waals surface area contributed by atoms with Gasteiger partial charge in [-0.25, -0.2) is 0 Å². The molecule has 1 aromatic carbocycles. The Labute approximate surface area is 120 Å². The van der Waals surface area contributed by atoms with E-state index >= 15 is 0 Å². The van der Waals surface area contributed by atoms with Gasteiger partial charge in [0.25, 0.3) is 5.91 Å². The molecule has 0 bridgehead atoms. The molecule has 20 heavy (non-hydrogen) atoms. The number of hydrogen-bond donors (Lipinski definition) is 0. The van der Waals surface area contributed by atoms with Crippen molar-refractivity contribution in [3.63, 3.8) is 0 Å². The molecule has 4 nitrogen and oxygen atoms in total. The van der Waals surface area contributed by atoms with Gasteiger partial charge in [0, 0.05) is 23.2 Å². The molecule has 0 unspecified atom stereocenters. The maximum absolute atomic E-state index is 12.7. The van der Waals surface area contributed by atoms with Crippen molar-refractivity contribution in [3.8, 4) is 11.5 Å². The second-order valence-electron chi connectivity index (χ2n) is 5.54. The van der Waals surface area contributed by atoms with Crippen molar-refractivity contribution in [1.82, 2.24) is 4.90 Å². The number of amides is 1. The highest BCUT2D eigenvalue weighted by molar-refractivity contribution is 5.96. The zero-order valence-corrected chi connectivity index (χ0v) is 12.9. The fourth-order valence-electron chi connectivity index (χ4n) is 2.53. The van der Waals surface area contributed by atoms with Crippen LogP contribution in [0.3, 0.4) is 0 Å². The number of hydrogen-bond acceptors (Lipinski definition) is 3. The van der Waals surface area contributed by atoms with E-state index in [0.717, 1.165) is 18.4 Å². The predicted molar refractivity (Wildman–Crippen MR) is 78.6 cm³/mol. The van der Waals surface area contributed by atoms with E-state index in [9.17, 15) is 4.79 Å². The summed E-state index contributed by atoms with van der Waals surface area (Å²) >= 11 is 0. The van der Waals surface area contributed by atoms with Crippen LogP contribution in [0.1, 0.15) is 42.6 Å². The van der Waals surface area contributed by atoms with Crippen LogP contribution in [-0.4, -0.2) is 37.1 Å². The Kier molecular flexibility index (Phi) is 4.21. The summed E-state index contributed by atoms with van der Waals surface area (Å²) < 4.78 is 10.7. The van der Waals surface area contributed by atoms with Gasteiger partial charge in [0.2, 0.25) is 0 Å². The molecule has 0 atom stereocenters. The average molecular weight is 277 g/mol. The number of ether oxygens (including phenoxy) is 2. The maximum atomic E-state index is 12.7. The third kappa shape index (κ3) is 2.74. The van der Waals surface area contributed by atoms with Crippen LogP contribution in [0.25, 0.3) is 0 Å². The highest BCUT2D eigenvalue weighted by atomic mass is 16.5. The van der Waals surface area contributed by atoms with Crippen LogP contribution in [0.5, 0.6) is 11.5 Å². The van der Waals surface area contributed by atoms with E-state index in [0.29, 0.717) is 23.1 Å². The number of nitrogens with zero attached hydrogens (tertiary/aromatic N) is 1. The lowest BCUT2D eigenvalue weighted by Gasteiger charge is -2.27. The van der Waals surface area contributed by atoms with Crippen molar-refractivity contribution in [2.24, 2.45) is 0 Å². The van der Waals surface area contributed by atoms with Crippen molar-refractivity contribution in [1.29, 1.82) is 0 Å². The largest absolute Gasteiger partial charge is 0.496 e. The second kappa shape index (κ2) is 5.73. The van der Waals surface area contributed by atoms with Gasteiger partial charge in [0.05, 0.1) is 14.2 Å². The minimum absolute atomic E-state index is 0.0547. The molecular formula is C16H23NO3. The Bertz CT molecular complexity index is 479. The first kappa shape index (κ1) is 14.7. The molecule has 1 fully saturated rings. The van der Waals surface area contributed by atoms with E-state index < -0.39 is 0 Å². The third-order valence-electron chi connectivity index (χ3n) is 3.73. The summed E-state index contributed by atoms with van der Waals surface area (Å²) in [6, 6.07) is 4.20. The lowest BCUT2D eigenvalue weighted by molar-refractivity contribution is 0.0689. The molecule has 1 saturated carbocycles. The average Bonchev–Trinajstić information content (AvgIpc) is 3.23. The number of carbonyl (C=O) groups excluding carboxylic acids is 1. The van der Waals surface area contributed by atoms with Crippen LogP contribution >= 0.6 is 0 Å². The normalized spacial score (nSPS) is 14.3. The zero-order valence-electron chi connectivity index (χ0n) is 12.9. The van der Waals surface area contributed by atoms with Crippen molar-refractivity contribution in [2.45, 2.75) is 45.7 Å². The summed E-state index contributed by atoms with van der Waals surface area (Å²) in [5.74, 6) is 1.43. The van der Waals surface area contributed by atoms with E-state index in [-0.39, 0.29) is 11.9 Å². The number of rotatable bonds is 5. The molecule has 0 radical (unpaired) electrons. The number of benzene rings is 1. The number of carbonyl (C=O) groups is 1. The molecule has 0 aromatic heterocycles. The van der Waals surface area contributed by atoms with E-state index in [2.05, 4.69) is 13.8 Å². The first-order valence-electron chi connectivity index (χ1n) is 7.04. The van der Waals surface area contributed by atoms with Gasteiger partial charge in [0.1, 0.15) is 11.5 Å². The second-order valence-corrected chi connectivity index (χ2v) is 5.54. The summed E-state index contributed by atoms with van der Waals surface area (Å²) in [7, 11) is 3.22. The lowest BCUT2D eigenvalue weighted by atomic mass is 10.1. The van der Waals surface area contributed by atoms with Crippen LogP contribution in [0.15, 0.2) is 12.1 Å². The minimum atomic E-state index is 0.0547. The molecule has 0 N–H and O–H groups in total. The standard InChI is InChI=1S/C16H23NO3/c1-10(2)17(13-6-7-13)16(18)12-8-14(19-4)11(3)15(9-12)20-5/h8-10,13H,6-7H2,1-5H3. The van der Waals surface area contributed by atoms with Gasteiger partial charge in [-0.1, -0.05) is 0 Å². The molecule has 0 heterocycles. The van der Waals surface area contributed by atoms with E-state index in [1.807, 2.05) is 11.8 Å². The molecule has 0 aliphatic heterocycles. The molecule has 1 aliphatic rings. The maximum Gasteiger partial charge on any atom is 0.254 e. The van der Waals surface area contributed by atoms with Gasteiger partial charge in [-0.05, 0) is 45.7 Å². The first-order chi connectivity index (χ1) is 9.49. The van der Waals surface area contributed by atoms with Gasteiger partial charge in [-0.15, -0.1) is 0 Å². The third-order valence-corrected chi connectivity index (χ3v) is 3.73. The molecule has 1 aromatic rings. The Morgan fingerprint density at radius 2 is 1.70 bits per heavy atom. The molecule has 110 valence electrons. The van der Waals surface area contributed by atoms with E-state index in [4.69, 9.17) is 9.47 Å². The van der Waals surface area contributed by atoms with Crippen molar-refractivity contribution in [3.05, 3.63) is 23.3 Å². The highest BCUT2D eigenvalue weighted by Crippen LogP contribution is 2.33. The van der Waals surface area contributed by atoms with Gasteiger partial charge < -0.3 is 14.4 Å². The summed E-state index contributed by atoms with van der Waals surface area (Å²) in [5, 5.41) is 0. The topological polar surface area (TPSA) is 38.8 Å². The molecular weight excluding hydrogens is 254 g/mol. The van der Waals surface area contributed by atoms with E-state index in [1.54, 1.807) is 26.4 Å². The summed E-state index contributed by atoms with van der Waals surface area (Å²) in [6.07, 6.45) is 2.20. The van der Waals surface area contributed by atoms with Gasteiger partial charge in [-0.2, -0.15) is 0 Å². The van der Waals surface area contributed by atoms with Gasteiger partial charge in [0.15, 0.2) is 0 Å². The first-order valence-corrected chi connectivity index (χ1v) is 7.04. The minimum Gasteiger partial charge on any atom is -0.496 e. The molecule has 0 spiro atoms. The monoisotopic (exact) mass is 277 g/mol. The van der Waals surface area contributed by atoms with Crippen molar-refractivity contribution in [2.75, 3.05) is 14.2 Å². The smallest absolute Gasteiger partial charge is 0.254 e. The Balaban J connectivity index is 2.38. The molecule has 4 heteroatoms. The van der Waals surface area contributed by atoms with Crippen LogP contribution in [0, 0.1) is 6.92 Å². The molecule has 2 rings (SSSR count). The quantitative estimate of drug-likeness (QED) is 0.830. The van der Waals surface area contributed by atoms with Crippen molar-refractivity contribution < 1.29 is 14.3 Å². The SMILES string of the molecule is COc1cc(C(=O)N(C(C)C)C2CC2)cc(OC)c1C. The summed E-state index contributed by atoms with van der Waals surface area (Å²) in [4.78, 5) is 14.7. The van der Waals surface area contributed by atoms with Crippen LogP contribution in [0.4, 0.5) is 0 Å². The summed E-state index contributed by atoms with van der Waals surface area (Å²) in [5.41, 5.74) is 1.54. The van der Waals surface area contributed by atoms with Crippen molar-refractivity contribution >= 4 is 5.91 Å². The van der Waals surface area contributed by atoms with E-state index in [1.165, 1.54) is 0 Å². The fourth-order valence-corrected chi connectivity index (χ4v) is 2.53. The summed E-state index contributed by atoms with van der Waals surface area (Å²) in [6.45, 7) is 6.03. The van der Waals surface area contributed by atoms with Gasteiger partial charge >= 0.3 is 0 Å². The van der Waals surface area contributed by atoms with Crippen LogP contribution < -0.4 is 9.47 Å². The Morgan fingerprint density at radius 1 is 1.20 bits per heavy atom. The predicted octanol–water partition coefficient (Wildman–Crippen LogP) is 3.03. The Morgan fingerprint density at radius 3 is 2.05 bits per heavy atom. The van der Waals surface area contributed by atoms with Gasteiger partial charge in [-0.3, -0.25) is 4.79 Å². The molecule has 0 saturated heterocycles. The van der Waals surface area contributed by atoms with Crippen LogP contribution in [-0.2, 0) is 0 Å². The molecule has 1 aliphatic carbocycles. The van der Waals surface area contributed by atoms with Crippen LogP contribution in [0.2, 0.25) is 0 Å². The zero-order chi connectivity index (χ0) is 14.9. The molecule has 1 amide bonds. The lowest BCUT2D eigenvalue weighted by Crippen LogP contribution is -2.38. The Hall–Kier alpha value is -1.71. The highest BCUT2D eigenvalue weighted by Gasteiger charge is 2.35. The number of methoxy groups -OCH3 is 2. The fraction of sp³-hybridized carbons (Fsp3) is 0.562.